The summed E-state index contributed by atoms with van der Waals surface area (Å²) in [5, 5.41) is 23.7. The minimum absolute atomic E-state index is 0.00660. The number of alkyl halides is 1. The van der Waals surface area contributed by atoms with Crippen LogP contribution < -0.4 is 0 Å². The molecule has 1 heterocycles. The number of hydrogen-bond acceptors (Lipinski definition) is 10. The van der Waals surface area contributed by atoms with Crippen molar-refractivity contribution in [1.82, 2.24) is 9.80 Å². The molecule has 1 aromatic carbocycles. The molecule has 1 aliphatic heterocycles. The minimum atomic E-state index is -2.06. The smallest absolute Gasteiger partial charge is 0.338 e. The van der Waals surface area contributed by atoms with E-state index in [-0.39, 0.29) is 31.3 Å². The van der Waals surface area contributed by atoms with Crippen LogP contribution in [-0.4, -0.2) is 113 Å². The number of ether oxygens (including phenoxy) is 2. The number of nitrogens with zero attached hydrogens (tertiary/aromatic N) is 2. The second kappa shape index (κ2) is 13.7. The van der Waals surface area contributed by atoms with Crippen molar-refractivity contribution in [1.29, 1.82) is 0 Å². The van der Waals surface area contributed by atoms with Crippen LogP contribution in [0.2, 0.25) is 0 Å². The van der Waals surface area contributed by atoms with Gasteiger partial charge in [-0.1, -0.05) is 44.6 Å². The number of aliphatic hydroxyl groups excluding tert-OH is 1. The van der Waals surface area contributed by atoms with E-state index in [4.69, 9.17) is 9.47 Å². The van der Waals surface area contributed by atoms with E-state index in [0.29, 0.717) is 63.1 Å². The molecule has 0 aromatic heterocycles. The van der Waals surface area contributed by atoms with Crippen molar-refractivity contribution >= 4 is 23.5 Å². The average Bonchev–Trinajstić information content (AvgIpc) is 3.30. The molecule has 1 saturated heterocycles. The van der Waals surface area contributed by atoms with E-state index < -0.39 is 64.3 Å². The third-order valence-electron chi connectivity index (χ3n) is 13.1. The molecule has 0 radical (unpaired) electrons. The van der Waals surface area contributed by atoms with Gasteiger partial charge in [-0.05, 0) is 80.7 Å². The zero-order chi connectivity index (χ0) is 36.1. The Morgan fingerprint density at radius 3 is 2.38 bits per heavy atom. The van der Waals surface area contributed by atoms with Crippen molar-refractivity contribution in [3.63, 3.8) is 0 Å². The zero-order valence-electron chi connectivity index (χ0n) is 29.7. The monoisotopic (exact) mass is 694 g/mol. The van der Waals surface area contributed by atoms with Crippen molar-refractivity contribution in [3.05, 3.63) is 59.2 Å². The maximum atomic E-state index is 17.4. The molecule has 2 N–H and O–H groups in total. The molecule has 11 heteroatoms. The summed E-state index contributed by atoms with van der Waals surface area (Å²) in [5.41, 5.74) is -3.91. The van der Waals surface area contributed by atoms with Crippen LogP contribution in [0.1, 0.15) is 69.3 Å². The Morgan fingerprint density at radius 1 is 1.02 bits per heavy atom. The first-order chi connectivity index (χ1) is 23.7. The molecule has 4 aliphatic carbocycles. The van der Waals surface area contributed by atoms with Crippen molar-refractivity contribution < 1.29 is 43.3 Å². The minimum Gasteiger partial charge on any atom is -0.461 e. The second-order valence-corrected chi connectivity index (χ2v) is 15.6. The summed E-state index contributed by atoms with van der Waals surface area (Å²) < 4.78 is 28.3. The van der Waals surface area contributed by atoms with Gasteiger partial charge in [0.25, 0.3) is 0 Å². The van der Waals surface area contributed by atoms with Crippen molar-refractivity contribution in [2.45, 2.75) is 77.2 Å². The Labute approximate surface area is 293 Å². The summed E-state index contributed by atoms with van der Waals surface area (Å²) >= 11 is 0. The van der Waals surface area contributed by atoms with Crippen LogP contribution >= 0.6 is 0 Å². The summed E-state index contributed by atoms with van der Waals surface area (Å²) in [6.07, 6.45) is 5.01. The number of ketones is 2. The molecular formula is C39H51FN2O8. The number of esters is 2. The lowest BCUT2D eigenvalue weighted by Crippen LogP contribution is -2.69. The number of benzene rings is 1. The standard InChI is InChI=1S/C39H51FN2O8/c1-5-26-6-8-27(9-7-26)35(47)49-19-18-41-14-16-42(17-15-41)23-34(46)50-24-33(45)39(48)25(2)20-31-30-11-10-28-21-29(43)12-13-36(28,3)38(30,40)32(44)22-37(31,39)4/h6-9,12-13,21,25,30-32,44,48H,5,10-11,14-20,22-24H2,1-4H3/t25-,30?,31?,32+,36+,37+,38+,39+/m1/s1. The normalized spacial score (nSPS) is 36.9. The number of halogens is 1. The fraction of sp³-hybridized carbons (Fsp3) is 0.641. The lowest BCUT2D eigenvalue weighted by molar-refractivity contribution is -0.220. The van der Waals surface area contributed by atoms with Crippen molar-refractivity contribution in [2.75, 3.05) is 52.5 Å². The lowest BCUT2D eigenvalue weighted by atomic mass is 9.44. The molecule has 0 bridgehead atoms. The third kappa shape index (κ3) is 5.97. The summed E-state index contributed by atoms with van der Waals surface area (Å²) in [4.78, 5) is 55.2. The Morgan fingerprint density at radius 2 is 1.70 bits per heavy atom. The fourth-order valence-electron chi connectivity index (χ4n) is 10.0. The molecule has 10 nitrogen and oxygen atoms in total. The Kier molecular flexibility index (Phi) is 10.0. The van der Waals surface area contributed by atoms with Gasteiger partial charge in [-0.25, -0.2) is 9.18 Å². The Hall–Kier alpha value is -3.25. The summed E-state index contributed by atoms with van der Waals surface area (Å²) in [7, 11) is 0. The first kappa shape index (κ1) is 36.5. The van der Waals surface area contributed by atoms with Gasteiger partial charge in [0.15, 0.2) is 18.1 Å². The number of rotatable bonds is 10. The molecule has 1 aromatic rings. The zero-order valence-corrected chi connectivity index (χ0v) is 29.7. The molecule has 0 amide bonds. The maximum Gasteiger partial charge on any atom is 0.338 e. The number of Topliss-reactive ketones (excluding diaryl/α,β-unsaturated/α-hetero) is 1. The van der Waals surface area contributed by atoms with E-state index in [9.17, 15) is 29.4 Å². The molecule has 5 aliphatic rings. The second-order valence-electron chi connectivity index (χ2n) is 15.6. The van der Waals surface area contributed by atoms with E-state index in [1.54, 1.807) is 39.0 Å². The van der Waals surface area contributed by atoms with Crippen LogP contribution in [0.3, 0.4) is 0 Å². The van der Waals surface area contributed by atoms with E-state index >= 15 is 4.39 Å². The average molecular weight is 695 g/mol. The number of aryl methyl sites for hydroxylation is 1. The highest BCUT2D eigenvalue weighted by Crippen LogP contribution is 2.70. The van der Waals surface area contributed by atoms with Gasteiger partial charge in [0.05, 0.1) is 18.2 Å². The summed E-state index contributed by atoms with van der Waals surface area (Å²) in [6.45, 7) is 10.1. The molecule has 272 valence electrons. The topological polar surface area (TPSA) is 134 Å². The van der Waals surface area contributed by atoms with Crippen LogP contribution in [0.4, 0.5) is 4.39 Å². The van der Waals surface area contributed by atoms with Crippen molar-refractivity contribution in [3.8, 4) is 0 Å². The number of piperazine rings is 1. The highest BCUT2D eigenvalue weighted by molar-refractivity contribution is 6.01. The van der Waals surface area contributed by atoms with E-state index in [0.717, 1.165) is 12.0 Å². The van der Waals surface area contributed by atoms with E-state index in [1.165, 1.54) is 12.2 Å². The highest BCUT2D eigenvalue weighted by Gasteiger charge is 2.75. The first-order valence-corrected chi connectivity index (χ1v) is 18.1. The van der Waals surface area contributed by atoms with E-state index in [1.807, 2.05) is 17.0 Å². The largest absolute Gasteiger partial charge is 0.461 e. The first-order valence-electron chi connectivity index (χ1n) is 18.1. The van der Waals surface area contributed by atoms with Crippen LogP contribution in [0.5, 0.6) is 0 Å². The number of fused-ring (bicyclic) bond motifs is 5. The number of allylic oxidation sites excluding steroid dienone is 4. The SMILES string of the molecule is CCc1ccc(C(=O)OCCN2CCN(CC(=O)OCC(=O)[C@@]3(O)[C@H](C)CC4C5CCC6=CC(=O)C=C[C@]6(C)[C@@]5(F)[C@@H](O)C[C@@]43C)CC2)cc1. The van der Waals surface area contributed by atoms with Gasteiger partial charge in [-0.3, -0.25) is 24.2 Å². The van der Waals surface area contributed by atoms with Gasteiger partial charge in [-0.2, -0.15) is 0 Å². The number of carbonyl (C=O) groups is 4. The van der Waals surface area contributed by atoms with Gasteiger partial charge < -0.3 is 19.7 Å². The number of aliphatic hydroxyl groups is 2. The Bertz CT molecular complexity index is 1570. The van der Waals surface area contributed by atoms with Crippen molar-refractivity contribution in [2.24, 2.45) is 28.6 Å². The van der Waals surface area contributed by atoms with E-state index in [2.05, 4.69) is 11.8 Å². The predicted molar refractivity (Wildman–Crippen MR) is 183 cm³/mol. The van der Waals surface area contributed by atoms with Gasteiger partial charge in [0, 0.05) is 49.5 Å². The summed E-state index contributed by atoms with van der Waals surface area (Å²) in [6, 6.07) is 7.39. The fourth-order valence-corrected chi connectivity index (χ4v) is 10.0. The van der Waals surface area contributed by atoms with Crippen LogP contribution in [0, 0.1) is 28.6 Å². The molecule has 4 fully saturated rings. The predicted octanol–water partition coefficient (Wildman–Crippen LogP) is 3.48. The molecule has 2 unspecified atom stereocenters. The van der Waals surface area contributed by atoms with Crippen LogP contribution in [0.15, 0.2) is 48.1 Å². The van der Waals surface area contributed by atoms with Crippen LogP contribution in [0.25, 0.3) is 0 Å². The molecule has 0 spiro atoms. The van der Waals surface area contributed by atoms with Gasteiger partial charge in [0.1, 0.15) is 12.2 Å². The molecule has 50 heavy (non-hydrogen) atoms. The maximum absolute atomic E-state index is 17.4. The quantitative estimate of drug-likeness (QED) is 0.351. The van der Waals surface area contributed by atoms with Gasteiger partial charge in [0.2, 0.25) is 5.78 Å². The molecule has 8 atom stereocenters. The highest BCUT2D eigenvalue weighted by atomic mass is 19.1. The molecule has 3 saturated carbocycles. The van der Waals surface area contributed by atoms with Crippen LogP contribution in [-0.2, 0) is 30.3 Å². The summed E-state index contributed by atoms with van der Waals surface area (Å²) in [5.74, 6) is -3.32. The third-order valence-corrected chi connectivity index (χ3v) is 13.1. The number of hydrogen-bond donors (Lipinski definition) is 2. The molecular weight excluding hydrogens is 643 g/mol. The lowest BCUT2D eigenvalue weighted by Gasteiger charge is -2.62. The Balaban J connectivity index is 0.994. The number of carbonyl (C=O) groups excluding carboxylic acids is 4. The van der Waals surface area contributed by atoms with Gasteiger partial charge in [-0.15, -0.1) is 0 Å². The van der Waals surface area contributed by atoms with Gasteiger partial charge >= 0.3 is 11.9 Å². The molecule has 6 rings (SSSR count).